The molecule has 3 heterocycles. The molecular weight excluding hydrogens is 344 g/mol. The minimum absolute atomic E-state index is 0.00797. The second-order valence-corrected chi connectivity index (χ2v) is 7.59. The van der Waals surface area contributed by atoms with Gasteiger partial charge in [-0.3, -0.25) is 9.69 Å². The second-order valence-electron chi connectivity index (χ2n) is 7.59. The molecule has 6 heteroatoms. The lowest BCUT2D eigenvalue weighted by molar-refractivity contribution is -0.134. The number of carboxylic acids is 1. The number of ether oxygens (including phenoxy) is 1. The van der Waals surface area contributed by atoms with Crippen molar-refractivity contribution in [2.45, 2.75) is 24.3 Å². The summed E-state index contributed by atoms with van der Waals surface area (Å²) in [6, 6.07) is 7.80. The Labute approximate surface area is 158 Å². The lowest BCUT2D eigenvalue weighted by atomic mass is 9.68. The van der Waals surface area contributed by atoms with Crippen molar-refractivity contribution < 1.29 is 19.4 Å². The summed E-state index contributed by atoms with van der Waals surface area (Å²) in [6.07, 6.45) is 4.48. The van der Waals surface area contributed by atoms with E-state index < -0.39 is 11.4 Å². The highest BCUT2D eigenvalue weighted by Crippen LogP contribution is 2.52. The maximum Gasteiger partial charge on any atom is 0.334 e. The van der Waals surface area contributed by atoms with Crippen molar-refractivity contribution in [1.29, 1.82) is 0 Å². The van der Waals surface area contributed by atoms with Crippen molar-refractivity contribution in [3.63, 3.8) is 0 Å². The van der Waals surface area contributed by atoms with Crippen molar-refractivity contribution >= 4 is 17.6 Å². The molecule has 0 radical (unpaired) electrons. The van der Waals surface area contributed by atoms with Gasteiger partial charge in [0.05, 0.1) is 24.4 Å². The number of fused-ring (bicyclic) bond motifs is 4. The van der Waals surface area contributed by atoms with Crippen molar-refractivity contribution in [3.05, 3.63) is 54.3 Å². The molecule has 2 N–H and O–H groups in total. The molecule has 6 nitrogen and oxygen atoms in total. The Hall–Kier alpha value is -2.60. The Morgan fingerprint density at radius 2 is 2.22 bits per heavy atom. The van der Waals surface area contributed by atoms with Gasteiger partial charge in [0, 0.05) is 24.2 Å². The lowest BCUT2D eigenvalue weighted by Gasteiger charge is -2.44. The quantitative estimate of drug-likeness (QED) is 0.485. The van der Waals surface area contributed by atoms with E-state index in [9.17, 15) is 14.7 Å². The van der Waals surface area contributed by atoms with E-state index in [4.69, 9.17) is 4.74 Å². The number of benzene rings is 1. The molecule has 3 aliphatic heterocycles. The summed E-state index contributed by atoms with van der Waals surface area (Å²) < 4.78 is 5.05. The standard InChI is InChI=1S/C21H24N2O4/c1-3-13-11-23-9-8-21(16-6-4-5-7-17(16)22-20(21)26)18(23)10-14(13)15(12-27-2)19(24)25/h3-7,12-14,18H,1,8-11H2,2H3,(H,22,26)(H,24,25)/b15-12+/t13-,14+,18+,21+/m1/s1. The molecule has 0 bridgehead atoms. The minimum Gasteiger partial charge on any atom is -0.504 e. The van der Waals surface area contributed by atoms with E-state index in [0.717, 1.165) is 24.2 Å². The van der Waals surface area contributed by atoms with Gasteiger partial charge in [-0.25, -0.2) is 4.79 Å². The van der Waals surface area contributed by atoms with Crippen LogP contribution in [0.25, 0.3) is 0 Å². The molecule has 2 fully saturated rings. The Morgan fingerprint density at radius 1 is 1.44 bits per heavy atom. The number of para-hydroxylation sites is 1. The first kappa shape index (κ1) is 17.8. The zero-order valence-corrected chi connectivity index (χ0v) is 15.4. The van der Waals surface area contributed by atoms with Crippen LogP contribution in [0.15, 0.2) is 48.8 Å². The van der Waals surface area contributed by atoms with Crippen molar-refractivity contribution in [2.24, 2.45) is 11.8 Å². The SMILES string of the molecule is C=C[C@@H]1CN2CC[C@@]3(C(=O)Nc4ccccc43)[C@@H]2C[C@@H]1/C(=C\OC)C(=O)O. The molecule has 1 aromatic rings. The van der Waals surface area contributed by atoms with Gasteiger partial charge in [0.15, 0.2) is 0 Å². The number of amides is 1. The predicted octanol–water partition coefficient (Wildman–Crippen LogP) is 2.39. The zero-order chi connectivity index (χ0) is 19.2. The van der Waals surface area contributed by atoms with Crippen LogP contribution >= 0.6 is 0 Å². The number of piperidine rings is 1. The number of methoxy groups -OCH3 is 1. The Morgan fingerprint density at radius 3 is 2.93 bits per heavy atom. The number of aliphatic carboxylic acids is 1. The molecule has 0 saturated carbocycles. The van der Waals surface area contributed by atoms with E-state index in [1.807, 2.05) is 30.3 Å². The summed E-state index contributed by atoms with van der Waals surface area (Å²) in [7, 11) is 1.46. The third-order valence-corrected chi connectivity index (χ3v) is 6.50. The van der Waals surface area contributed by atoms with E-state index in [-0.39, 0.29) is 29.4 Å². The monoisotopic (exact) mass is 368 g/mol. The molecule has 1 aromatic carbocycles. The fraction of sp³-hybridized carbons (Fsp3) is 0.429. The number of hydrogen-bond donors (Lipinski definition) is 2. The van der Waals surface area contributed by atoms with E-state index in [0.29, 0.717) is 13.0 Å². The van der Waals surface area contributed by atoms with Crippen LogP contribution in [-0.2, 0) is 19.7 Å². The normalized spacial score (nSPS) is 32.7. The van der Waals surface area contributed by atoms with Gasteiger partial charge < -0.3 is 15.2 Å². The highest BCUT2D eigenvalue weighted by atomic mass is 16.5. The third kappa shape index (κ3) is 2.51. The zero-order valence-electron chi connectivity index (χ0n) is 15.4. The van der Waals surface area contributed by atoms with Crippen LogP contribution < -0.4 is 5.32 Å². The smallest absolute Gasteiger partial charge is 0.334 e. The number of nitrogens with zero attached hydrogens (tertiary/aromatic N) is 1. The van der Waals surface area contributed by atoms with Crippen LogP contribution in [0.3, 0.4) is 0 Å². The molecule has 0 unspecified atom stereocenters. The number of anilines is 1. The Kier molecular flexibility index (Phi) is 4.30. The first-order valence-electron chi connectivity index (χ1n) is 9.26. The maximum absolute atomic E-state index is 13.1. The molecule has 27 heavy (non-hydrogen) atoms. The number of nitrogens with one attached hydrogen (secondary N) is 1. The van der Waals surface area contributed by atoms with Gasteiger partial charge in [-0.05, 0) is 36.9 Å². The molecule has 3 aliphatic rings. The topological polar surface area (TPSA) is 78.9 Å². The molecule has 0 aliphatic carbocycles. The molecule has 0 aromatic heterocycles. The number of rotatable bonds is 4. The van der Waals surface area contributed by atoms with Crippen LogP contribution in [0.1, 0.15) is 18.4 Å². The Bertz CT molecular complexity index is 833. The van der Waals surface area contributed by atoms with Crippen LogP contribution in [-0.4, -0.2) is 48.1 Å². The van der Waals surface area contributed by atoms with Gasteiger partial charge in [-0.15, -0.1) is 6.58 Å². The molecule has 4 atom stereocenters. The van der Waals surface area contributed by atoms with Gasteiger partial charge in [-0.1, -0.05) is 24.3 Å². The van der Waals surface area contributed by atoms with Gasteiger partial charge >= 0.3 is 5.97 Å². The van der Waals surface area contributed by atoms with E-state index in [1.165, 1.54) is 13.4 Å². The molecule has 1 spiro atoms. The van der Waals surface area contributed by atoms with Crippen LogP contribution in [0.4, 0.5) is 5.69 Å². The first-order chi connectivity index (χ1) is 13.0. The number of hydrogen-bond acceptors (Lipinski definition) is 4. The minimum atomic E-state index is -0.981. The maximum atomic E-state index is 13.1. The average Bonchev–Trinajstić information content (AvgIpc) is 3.18. The summed E-state index contributed by atoms with van der Waals surface area (Å²) in [5.74, 6) is -1.18. The predicted molar refractivity (Wildman–Crippen MR) is 101 cm³/mol. The highest BCUT2D eigenvalue weighted by Gasteiger charge is 2.60. The van der Waals surface area contributed by atoms with Gasteiger partial charge in [0.1, 0.15) is 0 Å². The third-order valence-electron chi connectivity index (χ3n) is 6.50. The molecule has 2 saturated heterocycles. The van der Waals surface area contributed by atoms with E-state index >= 15 is 0 Å². The lowest BCUT2D eigenvalue weighted by Crippen LogP contribution is -2.53. The summed E-state index contributed by atoms with van der Waals surface area (Å²) in [6.45, 7) is 5.44. The molecular formula is C21H24N2O4. The molecule has 142 valence electrons. The van der Waals surface area contributed by atoms with Gasteiger partial charge in [0.2, 0.25) is 5.91 Å². The van der Waals surface area contributed by atoms with Crippen molar-refractivity contribution in [1.82, 2.24) is 4.90 Å². The fourth-order valence-corrected chi connectivity index (χ4v) is 5.27. The van der Waals surface area contributed by atoms with Crippen LogP contribution in [0.2, 0.25) is 0 Å². The summed E-state index contributed by atoms with van der Waals surface area (Å²) in [5, 5.41) is 12.7. The van der Waals surface area contributed by atoms with Crippen LogP contribution in [0, 0.1) is 11.8 Å². The summed E-state index contributed by atoms with van der Waals surface area (Å²) in [5.41, 5.74) is 1.54. The number of carbonyl (C=O) groups excluding carboxylic acids is 1. The van der Waals surface area contributed by atoms with Crippen molar-refractivity contribution in [3.8, 4) is 0 Å². The largest absolute Gasteiger partial charge is 0.504 e. The fourth-order valence-electron chi connectivity index (χ4n) is 5.27. The average molecular weight is 368 g/mol. The van der Waals surface area contributed by atoms with Crippen LogP contribution in [0.5, 0.6) is 0 Å². The van der Waals surface area contributed by atoms with Gasteiger partial charge in [-0.2, -0.15) is 0 Å². The number of carboxylic acid groups (broad SMARTS) is 1. The Balaban J connectivity index is 1.76. The van der Waals surface area contributed by atoms with E-state index in [2.05, 4.69) is 16.8 Å². The van der Waals surface area contributed by atoms with Crippen molar-refractivity contribution in [2.75, 3.05) is 25.5 Å². The molecule has 4 rings (SSSR count). The number of carbonyl (C=O) groups is 2. The first-order valence-corrected chi connectivity index (χ1v) is 9.26. The summed E-state index contributed by atoms with van der Waals surface area (Å²) in [4.78, 5) is 27.3. The van der Waals surface area contributed by atoms with Gasteiger partial charge in [0.25, 0.3) is 0 Å². The molecule has 1 amide bonds. The highest BCUT2D eigenvalue weighted by molar-refractivity contribution is 6.07. The van der Waals surface area contributed by atoms with E-state index in [1.54, 1.807) is 0 Å². The summed E-state index contributed by atoms with van der Waals surface area (Å²) >= 11 is 0. The second kappa shape index (κ2) is 6.53.